The van der Waals surface area contributed by atoms with Crippen LogP contribution in [0, 0.1) is 47.3 Å². The number of ketones is 1. The fraction of sp³-hybridized carbons (Fsp3) is 0.878. The second kappa shape index (κ2) is 19.8. The van der Waals surface area contributed by atoms with Gasteiger partial charge in [-0.25, -0.2) is 0 Å². The second-order valence-corrected chi connectivity index (χ2v) is 21.0. The van der Waals surface area contributed by atoms with E-state index in [9.17, 15) is 34.5 Å². The SMILES string of the molecule is CCC(C(=O)C[C@@H](C)[C@@H](O)[C@H](C)[C@@H]1O[C@@H]([C@@H](CC)C(=O)O)CC[C@@H]1C)[C@H]1O[C@]2(C=CC(NC(=O)C(=O)NCC3CC3)[C@]3(CC[C@@](C)([C@H]4CC[C@](O)(CC)[C@H](C)O4)O3)O2)[C@H](C)C[C@@H]1C. The molecule has 5 N–H and O–H groups in total. The summed E-state index contributed by atoms with van der Waals surface area (Å²) in [6.45, 7) is 20.2. The zero-order chi connectivity index (χ0) is 46.2. The Hall–Kier alpha value is -2.46. The van der Waals surface area contributed by atoms with Gasteiger partial charge in [0.05, 0.1) is 53.7 Å². The Bertz CT molecular complexity index is 1670. The topological polar surface area (TPSA) is 199 Å². The van der Waals surface area contributed by atoms with Crippen molar-refractivity contribution < 1.29 is 58.2 Å². The van der Waals surface area contributed by atoms with Crippen LogP contribution in [0.1, 0.15) is 153 Å². The van der Waals surface area contributed by atoms with Gasteiger partial charge in [-0.3, -0.25) is 19.2 Å². The first kappa shape index (κ1) is 50.0. The van der Waals surface area contributed by atoms with Gasteiger partial charge < -0.3 is 49.6 Å². The van der Waals surface area contributed by atoms with Crippen molar-refractivity contribution in [1.29, 1.82) is 0 Å². The largest absolute Gasteiger partial charge is 0.481 e. The van der Waals surface area contributed by atoms with Gasteiger partial charge in [-0.15, -0.1) is 0 Å². The van der Waals surface area contributed by atoms with Crippen LogP contribution < -0.4 is 10.6 Å². The molecule has 0 aromatic rings. The molecule has 2 spiro atoms. The number of ether oxygens (including phenoxy) is 5. The van der Waals surface area contributed by atoms with E-state index in [0.717, 1.165) is 19.3 Å². The maximum absolute atomic E-state index is 14.5. The highest BCUT2D eigenvalue weighted by Crippen LogP contribution is 2.54. The minimum Gasteiger partial charge on any atom is -0.481 e. The second-order valence-electron chi connectivity index (χ2n) is 21.0. The van der Waals surface area contributed by atoms with Gasteiger partial charge in [0.15, 0.2) is 11.6 Å². The van der Waals surface area contributed by atoms with Crippen LogP contribution >= 0.6 is 0 Å². The van der Waals surface area contributed by atoms with Crippen molar-refractivity contribution in [3.05, 3.63) is 12.2 Å². The molecule has 0 radical (unpaired) electrons. The van der Waals surface area contributed by atoms with Crippen LogP contribution in [0.2, 0.25) is 0 Å². The Morgan fingerprint density at radius 1 is 0.841 bits per heavy atom. The molecule has 4 saturated heterocycles. The van der Waals surface area contributed by atoms with Crippen LogP contribution in [-0.2, 0) is 42.9 Å². The molecule has 1 saturated carbocycles. The normalized spacial score (nSPS) is 41.7. The molecule has 5 fully saturated rings. The van der Waals surface area contributed by atoms with Crippen molar-refractivity contribution in [3.8, 4) is 0 Å². The van der Waals surface area contributed by atoms with Crippen molar-refractivity contribution in [1.82, 2.24) is 10.6 Å². The Morgan fingerprint density at radius 2 is 1.54 bits per heavy atom. The van der Waals surface area contributed by atoms with E-state index in [1.165, 1.54) is 0 Å². The molecule has 6 aliphatic rings. The van der Waals surface area contributed by atoms with Crippen molar-refractivity contribution in [2.75, 3.05) is 6.54 Å². The van der Waals surface area contributed by atoms with Crippen LogP contribution in [0.5, 0.6) is 0 Å². The van der Waals surface area contributed by atoms with Crippen molar-refractivity contribution in [3.63, 3.8) is 0 Å². The Labute approximate surface area is 375 Å². The molecule has 1 aliphatic carbocycles. The average Bonchev–Trinajstić information content (AvgIpc) is 4.02. The summed E-state index contributed by atoms with van der Waals surface area (Å²) < 4.78 is 34.3. The Morgan fingerprint density at radius 3 is 2.16 bits per heavy atom. The quantitative estimate of drug-likeness (QED) is 0.0867. The summed E-state index contributed by atoms with van der Waals surface area (Å²) in [4.78, 5) is 52.9. The number of carbonyl (C=O) groups excluding carboxylic acids is 3. The molecule has 2 unspecified atom stereocenters. The monoisotopic (exact) mass is 889 g/mol. The van der Waals surface area contributed by atoms with Crippen LogP contribution in [0.25, 0.3) is 0 Å². The summed E-state index contributed by atoms with van der Waals surface area (Å²) >= 11 is 0. The number of hydrogen-bond acceptors (Lipinski definition) is 11. The molecule has 358 valence electrons. The van der Waals surface area contributed by atoms with E-state index in [2.05, 4.69) is 31.4 Å². The number of aliphatic carboxylic acids is 1. The molecule has 14 nitrogen and oxygen atoms in total. The molecule has 2 amide bonds. The smallest absolute Gasteiger partial charge is 0.309 e. The minimum atomic E-state index is -1.44. The van der Waals surface area contributed by atoms with Crippen LogP contribution in [0.3, 0.4) is 0 Å². The number of carboxylic acid groups (broad SMARTS) is 1. The molecular weight excluding hydrogens is 809 g/mol. The van der Waals surface area contributed by atoms with Gasteiger partial charge in [0, 0.05) is 37.1 Å². The van der Waals surface area contributed by atoms with E-state index in [-0.39, 0.29) is 48.1 Å². The number of aliphatic hydroxyl groups excluding tert-OH is 1. The number of nitrogens with one attached hydrogen (secondary N) is 2. The summed E-state index contributed by atoms with van der Waals surface area (Å²) in [6, 6.07) is -0.845. The standard InChI is InChI=1S/C49H80N2O12/c1-11-34(36(52)25-28(5)40(53)31(8)41-27(4)14-17-37(60-41)35(12-2)45(56)57)42-29(6)24-30(7)48(61-42)21-18-38(51-44(55)43(54)50-26-33-15-16-33)49(63-48)23-22-46(10,62-49)39-19-20-47(58,13-3)32(9)59-39/h18,21,27-35,37-42,53,58H,11-17,19-20,22-26H2,1-10H3,(H,50,54)(H,51,55)(H,56,57)/t27-,28+,29-,30+,31-,32-,34?,35+,37+,38?,39+,40+,41+,42-,46-,47+,48-,49-/m0/s1. The highest BCUT2D eigenvalue weighted by molar-refractivity contribution is 6.35. The van der Waals surface area contributed by atoms with E-state index >= 15 is 0 Å². The van der Waals surface area contributed by atoms with Crippen molar-refractivity contribution >= 4 is 23.6 Å². The third-order valence-electron chi connectivity index (χ3n) is 16.4. The van der Waals surface area contributed by atoms with Crippen molar-refractivity contribution in [2.45, 2.75) is 218 Å². The van der Waals surface area contributed by atoms with Gasteiger partial charge >= 0.3 is 17.8 Å². The van der Waals surface area contributed by atoms with Crippen molar-refractivity contribution in [2.24, 2.45) is 47.3 Å². The predicted molar refractivity (Wildman–Crippen MR) is 235 cm³/mol. The lowest BCUT2D eigenvalue weighted by atomic mass is 9.74. The summed E-state index contributed by atoms with van der Waals surface area (Å²) in [5, 5.41) is 38.4. The summed E-state index contributed by atoms with van der Waals surface area (Å²) in [7, 11) is 0. The number of Topliss-reactive ketones (excluding diaryl/α,β-unsaturated/α-hetero) is 1. The highest BCUT2D eigenvalue weighted by atomic mass is 16.8. The lowest BCUT2D eigenvalue weighted by Gasteiger charge is -2.55. The maximum atomic E-state index is 14.5. The molecular formula is C49H80N2O12. The molecule has 0 bridgehead atoms. The number of carbonyl (C=O) groups is 4. The minimum absolute atomic E-state index is 0.0117. The van der Waals surface area contributed by atoms with E-state index in [4.69, 9.17) is 23.7 Å². The van der Waals surface area contributed by atoms with Gasteiger partial charge in [-0.1, -0.05) is 61.5 Å². The van der Waals surface area contributed by atoms with E-state index in [1.807, 2.05) is 60.6 Å². The number of amides is 2. The average molecular weight is 889 g/mol. The fourth-order valence-electron chi connectivity index (χ4n) is 11.7. The predicted octanol–water partition coefficient (Wildman–Crippen LogP) is 6.23. The number of hydrogen-bond donors (Lipinski definition) is 5. The lowest BCUT2D eigenvalue weighted by molar-refractivity contribution is -0.398. The van der Waals surface area contributed by atoms with E-state index in [1.54, 1.807) is 0 Å². The van der Waals surface area contributed by atoms with Gasteiger partial charge in [-0.2, -0.15) is 0 Å². The third-order valence-corrected chi connectivity index (χ3v) is 16.4. The number of aliphatic hydroxyl groups is 2. The summed E-state index contributed by atoms with van der Waals surface area (Å²) in [5.74, 6) is -6.64. The number of rotatable bonds is 16. The van der Waals surface area contributed by atoms with Crippen LogP contribution in [0.15, 0.2) is 12.2 Å². The molecule has 0 aromatic heterocycles. The zero-order valence-corrected chi connectivity index (χ0v) is 39.7. The Balaban J connectivity index is 1.20. The summed E-state index contributed by atoms with van der Waals surface area (Å²) in [5.41, 5.74) is -1.79. The molecule has 5 heterocycles. The first-order chi connectivity index (χ1) is 29.6. The zero-order valence-electron chi connectivity index (χ0n) is 39.7. The first-order valence-corrected chi connectivity index (χ1v) is 24.5. The van der Waals surface area contributed by atoms with E-state index in [0.29, 0.717) is 70.3 Å². The fourth-order valence-corrected chi connectivity index (χ4v) is 11.7. The third kappa shape index (κ3) is 10.4. The maximum Gasteiger partial charge on any atom is 0.309 e. The molecule has 5 aliphatic heterocycles. The molecule has 14 heteroatoms. The Kier molecular flexibility index (Phi) is 15.7. The van der Waals surface area contributed by atoms with Gasteiger partial charge in [0.1, 0.15) is 11.8 Å². The molecule has 18 atom stereocenters. The van der Waals surface area contributed by atoms with Gasteiger partial charge in [0.2, 0.25) is 0 Å². The molecule has 63 heavy (non-hydrogen) atoms. The van der Waals surface area contributed by atoms with Gasteiger partial charge in [0.25, 0.3) is 0 Å². The van der Waals surface area contributed by atoms with Crippen LogP contribution in [-0.4, -0.2) is 111 Å². The lowest BCUT2D eigenvalue weighted by Crippen LogP contribution is -2.66. The van der Waals surface area contributed by atoms with Crippen LogP contribution in [0.4, 0.5) is 0 Å². The van der Waals surface area contributed by atoms with E-state index < -0.39 is 88.8 Å². The summed E-state index contributed by atoms with van der Waals surface area (Å²) in [6.07, 6.45) is 8.59. The molecule has 6 rings (SSSR count). The first-order valence-electron chi connectivity index (χ1n) is 24.5. The highest BCUT2D eigenvalue weighted by Gasteiger charge is 2.63. The molecule has 0 aromatic carbocycles. The van der Waals surface area contributed by atoms with Gasteiger partial charge in [-0.05, 0) is 114 Å². The number of carboxylic acids is 1.